The summed E-state index contributed by atoms with van der Waals surface area (Å²) in [7, 11) is 0. The van der Waals surface area contributed by atoms with Crippen LogP contribution in [-0.4, -0.2) is 63.3 Å². The molecule has 5 atom stereocenters. The summed E-state index contributed by atoms with van der Waals surface area (Å²) in [4.78, 5) is 38.6. The summed E-state index contributed by atoms with van der Waals surface area (Å²) in [5.41, 5.74) is -1.49. The van der Waals surface area contributed by atoms with E-state index in [0.29, 0.717) is 12.2 Å². The van der Waals surface area contributed by atoms with Crippen LogP contribution >= 0.6 is 6.64 Å². The molecule has 40 heavy (non-hydrogen) atoms. The third-order valence-electron chi connectivity index (χ3n) is 5.21. The van der Waals surface area contributed by atoms with E-state index >= 15 is 0 Å². The molecule has 0 aliphatic heterocycles. The highest BCUT2D eigenvalue weighted by molar-refractivity contribution is 8.09. The van der Waals surface area contributed by atoms with E-state index in [4.69, 9.17) is 36.8 Å². The van der Waals surface area contributed by atoms with Gasteiger partial charge in [0, 0.05) is 12.3 Å². The molecule has 0 fully saturated rings. The van der Waals surface area contributed by atoms with E-state index in [0.717, 1.165) is 16.8 Å². The number of aromatic nitrogens is 2. The van der Waals surface area contributed by atoms with E-state index in [1.54, 1.807) is 44.2 Å². The molecule has 0 aliphatic rings. The number of terminal acetylenes is 1. The number of carbonyl (C=O) groups excluding carboxylic acids is 1. The molecule has 0 amide bonds. The second-order valence-corrected chi connectivity index (χ2v) is 12.6. The molecule has 14 heteroatoms. The summed E-state index contributed by atoms with van der Waals surface area (Å²) in [6.45, 7) is 2.61. The van der Waals surface area contributed by atoms with Crippen molar-refractivity contribution in [2.45, 2.75) is 64.7 Å². The highest BCUT2D eigenvalue weighted by Crippen LogP contribution is 2.46. The molecular formula is C26H36N3O9PS. The van der Waals surface area contributed by atoms with Crippen LogP contribution in [0.2, 0.25) is 0 Å². The van der Waals surface area contributed by atoms with Gasteiger partial charge in [-0.05, 0) is 50.1 Å². The van der Waals surface area contributed by atoms with Crippen LogP contribution in [0.3, 0.4) is 0 Å². The predicted molar refractivity (Wildman–Crippen MR) is 152 cm³/mol. The Bertz CT molecular complexity index is 1290. The van der Waals surface area contributed by atoms with Gasteiger partial charge in [-0.1, -0.05) is 38.0 Å². The zero-order valence-corrected chi connectivity index (χ0v) is 24.5. The smallest absolute Gasteiger partial charge is 0.330 e. The van der Waals surface area contributed by atoms with Crippen molar-refractivity contribution >= 4 is 24.4 Å². The zero-order chi connectivity index (χ0) is 29.9. The summed E-state index contributed by atoms with van der Waals surface area (Å²) in [5, 5.41) is 23.4. The number of hydrogen-bond donors (Lipinski definition) is 4. The summed E-state index contributed by atoms with van der Waals surface area (Å²) in [6.07, 6.45) is 2.35. The number of rotatable bonds is 16. The number of carbonyl (C=O) groups is 1. The van der Waals surface area contributed by atoms with Gasteiger partial charge in [0.15, 0.2) is 6.23 Å². The van der Waals surface area contributed by atoms with Gasteiger partial charge < -0.3 is 28.7 Å². The molecule has 220 valence electrons. The van der Waals surface area contributed by atoms with Crippen molar-refractivity contribution in [1.29, 1.82) is 0 Å². The minimum absolute atomic E-state index is 0.0812. The molecule has 1 aromatic carbocycles. The fourth-order valence-electron chi connectivity index (χ4n) is 3.42. The Morgan fingerprint density at radius 2 is 1.88 bits per heavy atom. The van der Waals surface area contributed by atoms with Gasteiger partial charge >= 0.3 is 18.3 Å². The molecule has 0 radical (unpaired) electrons. The number of nitrogens with zero attached hydrogens (tertiary/aromatic N) is 1. The Morgan fingerprint density at radius 1 is 1.20 bits per heavy atom. The second-order valence-electron chi connectivity index (χ2n) is 9.44. The maximum Gasteiger partial charge on any atom is 0.330 e. The summed E-state index contributed by atoms with van der Waals surface area (Å²) in [5.74, 6) is 2.04. The molecular weight excluding hydrogens is 561 g/mol. The average Bonchev–Trinajstić information content (AvgIpc) is 2.88. The number of nitrogens with one attached hydrogen (secondary N) is 2. The molecule has 12 nitrogen and oxygen atoms in total. The quantitative estimate of drug-likeness (QED) is 0.127. The first-order valence-electron chi connectivity index (χ1n) is 12.6. The lowest BCUT2D eigenvalue weighted by molar-refractivity contribution is -0.150. The molecule has 2 aromatic rings. The molecule has 0 saturated heterocycles. The van der Waals surface area contributed by atoms with Crippen LogP contribution in [0.5, 0.6) is 5.75 Å². The lowest BCUT2D eigenvalue weighted by Gasteiger charge is -2.31. The minimum atomic E-state index is -3.55. The number of aliphatic hydroxyl groups excluding tert-OH is 2. The average molecular weight is 598 g/mol. The first kappa shape index (κ1) is 33.4. The van der Waals surface area contributed by atoms with E-state index in [-0.39, 0.29) is 12.0 Å². The first-order valence-corrected chi connectivity index (χ1v) is 15.2. The number of ether oxygens (including phenoxy) is 2. The van der Waals surface area contributed by atoms with Gasteiger partial charge in [0.2, 0.25) is 0 Å². The second kappa shape index (κ2) is 15.8. The molecule has 0 spiro atoms. The van der Waals surface area contributed by atoms with E-state index in [2.05, 4.69) is 16.0 Å². The zero-order valence-electron chi connectivity index (χ0n) is 22.8. The van der Waals surface area contributed by atoms with Gasteiger partial charge in [0.05, 0.1) is 19.3 Å². The first-order chi connectivity index (χ1) is 18.9. The van der Waals surface area contributed by atoms with Crippen LogP contribution in [0.15, 0.2) is 52.2 Å². The Balaban J connectivity index is 2.36. The van der Waals surface area contributed by atoms with Crippen molar-refractivity contribution in [3.05, 3.63) is 63.4 Å². The Kier molecular flexibility index (Phi) is 13.2. The van der Waals surface area contributed by atoms with E-state index in [9.17, 15) is 24.6 Å². The molecule has 1 aromatic heterocycles. The number of hydrogen-bond acceptors (Lipinski definition) is 10. The maximum absolute atomic E-state index is 12.9. The third-order valence-corrected chi connectivity index (χ3v) is 7.63. The normalized spacial score (nSPS) is 16.0. The SMILES string of the molecule is C#C[C@H](O)[C@@H](COP(=S)(N[C@@H](CC(C)C)C(=O)OC(C)C)Oc1ccccc1)O[C@H](CO)n1ccc(=O)[nH]c1=O. The van der Waals surface area contributed by atoms with Crippen LogP contribution in [-0.2, 0) is 30.6 Å². The molecule has 2 rings (SSSR count). The maximum atomic E-state index is 12.9. The van der Waals surface area contributed by atoms with Crippen LogP contribution in [0.4, 0.5) is 0 Å². The molecule has 0 saturated carbocycles. The van der Waals surface area contributed by atoms with Crippen LogP contribution in [0, 0.1) is 18.3 Å². The number of aliphatic hydroxyl groups is 2. The fourth-order valence-corrected chi connectivity index (χ4v) is 5.76. The highest BCUT2D eigenvalue weighted by atomic mass is 32.5. The Morgan fingerprint density at radius 3 is 2.42 bits per heavy atom. The van der Waals surface area contributed by atoms with Crippen LogP contribution in [0.25, 0.3) is 0 Å². The van der Waals surface area contributed by atoms with Crippen molar-refractivity contribution in [3.63, 3.8) is 0 Å². The number of aromatic amines is 1. The van der Waals surface area contributed by atoms with Crippen LogP contribution < -0.4 is 20.9 Å². The Hall–Kier alpha value is -2.82. The van der Waals surface area contributed by atoms with Crippen molar-refractivity contribution in [2.24, 2.45) is 5.92 Å². The van der Waals surface area contributed by atoms with Gasteiger partial charge in [-0.15, -0.1) is 6.42 Å². The number of esters is 1. The van der Waals surface area contributed by atoms with Gasteiger partial charge in [-0.3, -0.25) is 19.1 Å². The summed E-state index contributed by atoms with van der Waals surface area (Å²) >= 11 is 5.77. The monoisotopic (exact) mass is 597 g/mol. The number of benzene rings is 1. The topological polar surface area (TPSA) is 161 Å². The van der Waals surface area contributed by atoms with Gasteiger partial charge in [0.1, 0.15) is 24.0 Å². The summed E-state index contributed by atoms with van der Waals surface area (Å²) in [6, 6.07) is 8.76. The summed E-state index contributed by atoms with van der Waals surface area (Å²) < 4.78 is 24.1. The fraction of sp³-hybridized carbons (Fsp3) is 0.500. The Labute approximate surface area is 237 Å². The van der Waals surface area contributed by atoms with Crippen LogP contribution in [0.1, 0.15) is 40.3 Å². The van der Waals surface area contributed by atoms with E-state index in [1.807, 2.05) is 13.8 Å². The van der Waals surface area contributed by atoms with Crippen molar-refractivity contribution in [1.82, 2.24) is 14.6 Å². The third kappa shape index (κ3) is 10.6. The van der Waals surface area contributed by atoms with E-state index in [1.165, 1.54) is 0 Å². The number of para-hydroxylation sites is 1. The predicted octanol–water partition coefficient (Wildman–Crippen LogP) is 1.68. The minimum Gasteiger partial charge on any atom is -0.462 e. The molecule has 1 heterocycles. The lowest BCUT2D eigenvalue weighted by Crippen LogP contribution is -2.42. The largest absolute Gasteiger partial charge is 0.462 e. The molecule has 4 N–H and O–H groups in total. The van der Waals surface area contributed by atoms with E-state index < -0.39 is 61.6 Å². The van der Waals surface area contributed by atoms with Gasteiger partial charge in [-0.25, -0.2) is 9.88 Å². The van der Waals surface area contributed by atoms with Crippen molar-refractivity contribution in [2.75, 3.05) is 13.2 Å². The van der Waals surface area contributed by atoms with Crippen molar-refractivity contribution in [3.8, 4) is 18.1 Å². The van der Waals surface area contributed by atoms with Gasteiger partial charge in [0.25, 0.3) is 5.56 Å². The van der Waals surface area contributed by atoms with Crippen molar-refractivity contribution < 1.29 is 33.5 Å². The number of H-pyrrole nitrogens is 1. The standard InChI is InChI=1S/C26H36N3O9PS/c1-6-21(31)22(37-24(15-30)29-13-12-23(32)27-26(29)34)16-35-39(40,38-19-10-8-7-9-11-19)28-20(14-17(2)3)25(33)36-18(4)5/h1,7-13,17-18,20-22,24,30-31H,14-16H2,2-5H3,(H,28,40)(H,27,32,34)/t20-,21-,22+,24+,39?/m0/s1. The van der Waals surface area contributed by atoms with Gasteiger partial charge in [-0.2, -0.15) is 0 Å². The molecule has 1 unspecified atom stereocenters. The molecule has 0 aliphatic carbocycles. The lowest BCUT2D eigenvalue weighted by atomic mass is 10.0. The highest BCUT2D eigenvalue weighted by Gasteiger charge is 2.34. The molecule has 0 bridgehead atoms.